The molecular formula is C32H50N2O2S. The summed E-state index contributed by atoms with van der Waals surface area (Å²) in [6.07, 6.45) is 19.5. The molecule has 0 aliphatic heterocycles. The Morgan fingerprint density at radius 1 is 1.08 bits per heavy atom. The highest BCUT2D eigenvalue weighted by Crippen LogP contribution is 2.26. The van der Waals surface area contributed by atoms with Gasteiger partial charge in [-0.1, -0.05) is 70.9 Å². The van der Waals surface area contributed by atoms with Gasteiger partial charge < -0.3 is 4.74 Å². The first-order valence-electron chi connectivity index (χ1n) is 13.8. The van der Waals surface area contributed by atoms with Crippen molar-refractivity contribution in [1.29, 1.82) is 0 Å². The molecule has 5 heteroatoms. The summed E-state index contributed by atoms with van der Waals surface area (Å²) in [5.41, 5.74) is 6.39. The molecule has 1 aliphatic rings. The Morgan fingerprint density at radius 3 is 2.35 bits per heavy atom. The van der Waals surface area contributed by atoms with Crippen LogP contribution in [0.4, 0.5) is 0 Å². The van der Waals surface area contributed by atoms with Crippen LogP contribution in [0.2, 0.25) is 0 Å². The molecule has 1 rings (SSSR count). The van der Waals surface area contributed by atoms with Gasteiger partial charge in [0.05, 0.1) is 16.7 Å². The summed E-state index contributed by atoms with van der Waals surface area (Å²) in [6.45, 7) is 17.3. The van der Waals surface area contributed by atoms with Gasteiger partial charge in [-0.3, -0.25) is 4.99 Å². The Bertz CT molecular complexity index is 1020. The molecule has 0 radical (unpaired) electrons. The maximum atomic E-state index is 13.1. The van der Waals surface area contributed by atoms with Crippen LogP contribution in [0.5, 0.6) is 0 Å². The fourth-order valence-corrected chi connectivity index (χ4v) is 4.91. The first-order chi connectivity index (χ1) is 17.6. The molecule has 1 aliphatic carbocycles. The highest BCUT2D eigenvalue weighted by Gasteiger charge is 2.15. The highest BCUT2D eigenvalue weighted by atomic mass is 32.2. The Kier molecular flexibility index (Phi) is 15.5. The number of nitrogens with zero attached hydrogens (tertiary/aromatic N) is 2. The van der Waals surface area contributed by atoms with Gasteiger partial charge >= 0.3 is 0 Å². The van der Waals surface area contributed by atoms with E-state index in [4.69, 9.17) is 9.73 Å². The van der Waals surface area contributed by atoms with Crippen LogP contribution >= 0.6 is 0 Å². The molecule has 0 aromatic rings. The Hall–Kier alpha value is -2.11. The average molecular weight is 527 g/mol. The van der Waals surface area contributed by atoms with Gasteiger partial charge in [0.15, 0.2) is 11.0 Å². The summed E-state index contributed by atoms with van der Waals surface area (Å²) in [5, 5.41) is 0. The molecule has 0 aromatic carbocycles. The third-order valence-corrected chi connectivity index (χ3v) is 8.18. The van der Waals surface area contributed by atoms with Crippen LogP contribution in [-0.2, 0) is 15.7 Å². The molecule has 0 bridgehead atoms. The van der Waals surface area contributed by atoms with Crippen molar-refractivity contribution in [3.8, 4) is 0 Å². The van der Waals surface area contributed by atoms with Crippen molar-refractivity contribution in [3.05, 3.63) is 69.7 Å². The van der Waals surface area contributed by atoms with E-state index in [9.17, 15) is 4.21 Å². The van der Waals surface area contributed by atoms with Gasteiger partial charge in [0.25, 0.3) is 0 Å². The molecule has 0 saturated heterocycles. The smallest absolute Gasteiger partial charge is 0.172 e. The fourth-order valence-electron chi connectivity index (χ4n) is 4.07. The van der Waals surface area contributed by atoms with Gasteiger partial charge in [-0.15, -0.1) is 0 Å². The van der Waals surface area contributed by atoms with Crippen LogP contribution in [-0.4, -0.2) is 35.9 Å². The quantitative estimate of drug-likeness (QED) is 0.168. The first kappa shape index (κ1) is 32.9. The molecular weight excluding hydrogens is 476 g/mol. The topological polar surface area (TPSA) is 51.0 Å². The summed E-state index contributed by atoms with van der Waals surface area (Å²) in [4.78, 5) is 5.42. The normalized spacial score (nSPS) is 19.7. The fraction of sp³-hybridized carbons (Fsp3) is 0.562. The number of ether oxygens (including phenoxy) is 1. The molecule has 0 heterocycles. The van der Waals surface area contributed by atoms with Crippen LogP contribution in [0.3, 0.4) is 0 Å². The van der Waals surface area contributed by atoms with E-state index in [-0.39, 0.29) is 6.10 Å². The van der Waals surface area contributed by atoms with E-state index in [1.807, 2.05) is 45.2 Å². The minimum atomic E-state index is -1.49. The molecule has 37 heavy (non-hydrogen) atoms. The van der Waals surface area contributed by atoms with Crippen molar-refractivity contribution in [2.24, 2.45) is 21.2 Å². The number of hydrogen-bond donors (Lipinski definition) is 0. The van der Waals surface area contributed by atoms with E-state index >= 15 is 0 Å². The van der Waals surface area contributed by atoms with Gasteiger partial charge in [0.1, 0.15) is 0 Å². The number of methoxy groups -OCH3 is 1. The largest absolute Gasteiger partial charge is 0.377 e. The lowest BCUT2D eigenvalue weighted by Crippen LogP contribution is -2.10. The van der Waals surface area contributed by atoms with Gasteiger partial charge in [-0.25, -0.2) is 4.21 Å². The minimum absolute atomic E-state index is 0.00179. The van der Waals surface area contributed by atoms with Crippen molar-refractivity contribution in [3.63, 3.8) is 0 Å². The van der Waals surface area contributed by atoms with E-state index in [2.05, 4.69) is 64.2 Å². The van der Waals surface area contributed by atoms with Gasteiger partial charge in [0.2, 0.25) is 0 Å². The molecule has 4 nitrogen and oxygen atoms in total. The second-order valence-corrected chi connectivity index (χ2v) is 11.1. The van der Waals surface area contributed by atoms with Crippen LogP contribution in [0.25, 0.3) is 0 Å². The lowest BCUT2D eigenvalue weighted by atomic mass is 9.87. The van der Waals surface area contributed by atoms with E-state index in [1.54, 1.807) is 7.11 Å². The molecule has 0 amide bonds. The maximum Gasteiger partial charge on any atom is 0.172 e. The predicted molar refractivity (Wildman–Crippen MR) is 165 cm³/mol. The molecule has 4 unspecified atom stereocenters. The summed E-state index contributed by atoms with van der Waals surface area (Å²) < 4.78 is 23.1. The van der Waals surface area contributed by atoms with E-state index in [1.165, 1.54) is 5.57 Å². The molecule has 0 saturated carbocycles. The van der Waals surface area contributed by atoms with Crippen LogP contribution in [0.15, 0.2) is 79.1 Å². The van der Waals surface area contributed by atoms with Crippen molar-refractivity contribution >= 4 is 22.4 Å². The van der Waals surface area contributed by atoms with Gasteiger partial charge in [-0.2, -0.15) is 4.40 Å². The van der Waals surface area contributed by atoms with Gasteiger partial charge in [-0.05, 0) is 87.7 Å². The number of rotatable bonds is 14. The Morgan fingerprint density at radius 2 is 1.78 bits per heavy atom. The highest BCUT2D eigenvalue weighted by molar-refractivity contribution is 7.88. The average Bonchev–Trinajstić information content (AvgIpc) is 3.15. The Balaban J connectivity index is 3.41. The third kappa shape index (κ3) is 11.0. The lowest BCUT2D eigenvalue weighted by Gasteiger charge is -2.19. The molecule has 0 N–H and O–H groups in total. The summed E-state index contributed by atoms with van der Waals surface area (Å²) >= 11 is 0. The van der Waals surface area contributed by atoms with Crippen LogP contribution < -0.4 is 0 Å². The summed E-state index contributed by atoms with van der Waals surface area (Å²) in [6, 6.07) is 0. The predicted octanol–water partition coefficient (Wildman–Crippen LogP) is 8.68. The van der Waals surface area contributed by atoms with Crippen molar-refractivity contribution in [2.75, 3.05) is 14.2 Å². The van der Waals surface area contributed by atoms with Crippen LogP contribution in [0.1, 0.15) is 87.5 Å². The SMILES string of the molecule is CCC=C(C)/C(=C\C(C)=NS(=O)C1=CCC=C(C(C)OC)C=C1)C(/C=C(/CC(C)CC)C(C)CC)=NC. The second kappa shape index (κ2) is 17.4. The monoisotopic (exact) mass is 526 g/mol. The summed E-state index contributed by atoms with van der Waals surface area (Å²) in [5.74, 6) is 1.13. The maximum absolute atomic E-state index is 13.1. The standard InChI is InChI=1S/C32H50N2O2S/c1-11-15-25(6)31(32(33-9)22-29(24(5)13-3)20-23(4)12-2)21-26(7)34-37(35)30-17-14-16-28(18-19-30)27(8)36-10/h15-19,21-24,27H,11-14,20H2,1-10H3/b25-15?,29-22-,31-21+,33-32?,34-26?. The van der Waals surface area contributed by atoms with Crippen molar-refractivity contribution in [2.45, 2.75) is 93.6 Å². The molecule has 4 atom stereocenters. The zero-order chi connectivity index (χ0) is 28.0. The zero-order valence-electron chi connectivity index (χ0n) is 24.9. The minimum Gasteiger partial charge on any atom is -0.377 e. The third-order valence-electron chi connectivity index (χ3n) is 7.02. The van der Waals surface area contributed by atoms with E-state index in [0.29, 0.717) is 23.2 Å². The first-order valence-corrected chi connectivity index (χ1v) is 14.9. The number of allylic oxidation sites excluding steroid dienone is 9. The summed E-state index contributed by atoms with van der Waals surface area (Å²) in [7, 11) is 2.07. The number of aliphatic imine (C=N–C) groups is 1. The lowest BCUT2D eigenvalue weighted by molar-refractivity contribution is 0.149. The van der Waals surface area contributed by atoms with Gasteiger partial charge in [0, 0.05) is 25.4 Å². The molecule has 0 fully saturated rings. The van der Waals surface area contributed by atoms with Crippen molar-refractivity contribution in [1.82, 2.24) is 0 Å². The van der Waals surface area contributed by atoms with E-state index < -0.39 is 11.0 Å². The molecule has 206 valence electrons. The molecule has 0 spiro atoms. The number of hydrogen-bond acceptors (Lipinski definition) is 3. The van der Waals surface area contributed by atoms with Crippen molar-refractivity contribution < 1.29 is 8.95 Å². The second-order valence-electron chi connectivity index (χ2n) is 9.95. The van der Waals surface area contributed by atoms with E-state index in [0.717, 1.165) is 53.8 Å². The Labute approximate surface area is 229 Å². The molecule has 0 aromatic heterocycles. The van der Waals surface area contributed by atoms with Crippen LogP contribution in [0, 0.1) is 11.8 Å². The zero-order valence-corrected chi connectivity index (χ0v) is 25.7.